The highest BCUT2D eigenvalue weighted by molar-refractivity contribution is 6.12. The third-order valence-corrected chi connectivity index (χ3v) is 3.65. The zero-order valence-corrected chi connectivity index (χ0v) is 13.6. The summed E-state index contributed by atoms with van der Waals surface area (Å²) in [6.45, 7) is 0. The summed E-state index contributed by atoms with van der Waals surface area (Å²) in [5.74, 6) is -0.416. The Morgan fingerprint density at radius 3 is 2.60 bits per heavy atom. The Bertz CT molecular complexity index is 951. The number of rotatable bonds is 4. The molecule has 1 N–H and O–H groups in total. The van der Waals surface area contributed by atoms with Crippen molar-refractivity contribution >= 4 is 28.5 Å². The number of amides is 1. The number of aromatic nitrogens is 2. The number of ether oxygens (including phenoxy) is 2. The summed E-state index contributed by atoms with van der Waals surface area (Å²) in [5.41, 5.74) is 0.603. The van der Waals surface area contributed by atoms with E-state index in [2.05, 4.69) is 20.0 Å². The van der Waals surface area contributed by atoms with Crippen molar-refractivity contribution in [1.29, 1.82) is 0 Å². The second kappa shape index (κ2) is 6.96. The van der Waals surface area contributed by atoms with Crippen molar-refractivity contribution in [3.63, 3.8) is 0 Å². The molecule has 3 aromatic rings. The molecule has 1 amide bonds. The Morgan fingerprint density at radius 2 is 1.84 bits per heavy atom. The molecule has 7 nitrogen and oxygen atoms in total. The van der Waals surface area contributed by atoms with Crippen LogP contribution in [0.4, 0.5) is 5.82 Å². The summed E-state index contributed by atoms with van der Waals surface area (Å²) in [7, 11) is 2.69. The van der Waals surface area contributed by atoms with E-state index in [1.54, 1.807) is 6.20 Å². The zero-order valence-electron chi connectivity index (χ0n) is 13.6. The van der Waals surface area contributed by atoms with Gasteiger partial charge >= 0.3 is 5.97 Å². The Balaban J connectivity index is 1.91. The van der Waals surface area contributed by atoms with Gasteiger partial charge in [-0.05, 0) is 5.39 Å². The van der Waals surface area contributed by atoms with Crippen LogP contribution in [-0.2, 0) is 4.74 Å². The lowest BCUT2D eigenvalue weighted by molar-refractivity contribution is 0.0596. The highest BCUT2D eigenvalue weighted by Gasteiger charge is 2.16. The van der Waals surface area contributed by atoms with Gasteiger partial charge in [0.2, 0.25) is 0 Å². The van der Waals surface area contributed by atoms with Crippen LogP contribution in [-0.4, -0.2) is 36.1 Å². The zero-order chi connectivity index (χ0) is 17.8. The third kappa shape index (κ3) is 3.25. The number of hydrogen-bond acceptors (Lipinski definition) is 6. The van der Waals surface area contributed by atoms with Gasteiger partial charge in [-0.2, -0.15) is 0 Å². The first-order valence-electron chi connectivity index (χ1n) is 7.40. The van der Waals surface area contributed by atoms with Crippen LogP contribution < -0.4 is 10.1 Å². The van der Waals surface area contributed by atoms with Crippen LogP contribution in [0.3, 0.4) is 0 Å². The first-order chi connectivity index (χ1) is 12.1. The van der Waals surface area contributed by atoms with Crippen molar-refractivity contribution in [2.75, 3.05) is 19.5 Å². The van der Waals surface area contributed by atoms with Crippen LogP contribution in [0.5, 0.6) is 5.75 Å². The summed E-state index contributed by atoms with van der Waals surface area (Å²) < 4.78 is 9.82. The van der Waals surface area contributed by atoms with Crippen LogP contribution in [0.15, 0.2) is 48.9 Å². The number of nitrogens with zero attached hydrogens (tertiary/aromatic N) is 2. The predicted molar refractivity (Wildman–Crippen MR) is 91.8 cm³/mol. The number of carbonyl (C=O) groups is 2. The van der Waals surface area contributed by atoms with E-state index in [4.69, 9.17) is 4.74 Å². The predicted octanol–water partition coefficient (Wildman–Crippen LogP) is 2.68. The normalized spacial score (nSPS) is 10.3. The van der Waals surface area contributed by atoms with Gasteiger partial charge in [0.05, 0.1) is 19.8 Å². The molecule has 2 heterocycles. The molecule has 1 aromatic carbocycles. The number of nitrogens with one attached hydrogen (secondary N) is 1. The average Bonchev–Trinajstić information content (AvgIpc) is 2.66. The second-order valence-corrected chi connectivity index (χ2v) is 5.12. The van der Waals surface area contributed by atoms with E-state index in [9.17, 15) is 9.59 Å². The Kier molecular flexibility index (Phi) is 4.56. The summed E-state index contributed by atoms with van der Waals surface area (Å²) in [6, 6.07) is 8.92. The molecule has 0 unspecified atom stereocenters. The highest BCUT2D eigenvalue weighted by Crippen LogP contribution is 2.23. The van der Waals surface area contributed by atoms with Crippen LogP contribution in [0.2, 0.25) is 0 Å². The van der Waals surface area contributed by atoms with Gasteiger partial charge in [-0.25, -0.2) is 9.78 Å². The van der Waals surface area contributed by atoms with E-state index in [0.29, 0.717) is 5.56 Å². The lowest BCUT2D eigenvalue weighted by Gasteiger charge is -2.10. The van der Waals surface area contributed by atoms with Gasteiger partial charge in [-0.15, -0.1) is 0 Å². The standard InChI is InChI=1S/C18H15N3O4/c1-24-15-7-16(20-10-14(15)18(23)25-2)21-17(22)13-9-19-8-11-5-3-4-6-12(11)13/h3-10H,1-2H3,(H,20,21,22). The average molecular weight is 337 g/mol. The molecule has 0 bridgehead atoms. The molecule has 0 aliphatic carbocycles. The fourth-order valence-corrected chi connectivity index (χ4v) is 2.42. The van der Waals surface area contributed by atoms with Crippen molar-refractivity contribution < 1.29 is 19.1 Å². The molecule has 0 fully saturated rings. The molecule has 25 heavy (non-hydrogen) atoms. The van der Waals surface area contributed by atoms with Crippen molar-refractivity contribution in [2.24, 2.45) is 0 Å². The molecule has 0 saturated carbocycles. The number of hydrogen-bond donors (Lipinski definition) is 1. The molecule has 2 aromatic heterocycles. The van der Waals surface area contributed by atoms with Gasteiger partial charge in [0.25, 0.3) is 5.91 Å². The van der Waals surface area contributed by atoms with Crippen molar-refractivity contribution in [2.45, 2.75) is 0 Å². The fraction of sp³-hybridized carbons (Fsp3) is 0.111. The van der Waals surface area contributed by atoms with Crippen molar-refractivity contribution in [3.05, 3.63) is 60.0 Å². The fourth-order valence-electron chi connectivity index (χ4n) is 2.42. The van der Waals surface area contributed by atoms with E-state index in [1.807, 2.05) is 24.3 Å². The SMILES string of the molecule is COC(=O)c1cnc(NC(=O)c2cncc3ccccc23)cc1OC. The number of anilines is 1. The minimum absolute atomic E-state index is 0.176. The number of fused-ring (bicyclic) bond motifs is 1. The van der Waals surface area contributed by atoms with Crippen LogP contribution >= 0.6 is 0 Å². The maximum Gasteiger partial charge on any atom is 0.343 e. The molecule has 0 aliphatic heterocycles. The number of esters is 1. The molecule has 0 spiro atoms. The van der Waals surface area contributed by atoms with E-state index in [-0.39, 0.29) is 23.0 Å². The van der Waals surface area contributed by atoms with Gasteiger partial charge < -0.3 is 14.8 Å². The Morgan fingerprint density at radius 1 is 1.04 bits per heavy atom. The maximum atomic E-state index is 12.6. The van der Waals surface area contributed by atoms with E-state index in [1.165, 1.54) is 32.7 Å². The first-order valence-corrected chi connectivity index (χ1v) is 7.40. The number of pyridine rings is 2. The van der Waals surface area contributed by atoms with E-state index >= 15 is 0 Å². The van der Waals surface area contributed by atoms with E-state index < -0.39 is 5.97 Å². The minimum atomic E-state index is -0.569. The second-order valence-electron chi connectivity index (χ2n) is 5.12. The molecular formula is C18H15N3O4. The summed E-state index contributed by atoms with van der Waals surface area (Å²) in [6.07, 6.45) is 4.48. The topological polar surface area (TPSA) is 90.4 Å². The minimum Gasteiger partial charge on any atom is -0.496 e. The Hall–Kier alpha value is -3.48. The van der Waals surface area contributed by atoms with Crippen LogP contribution in [0.1, 0.15) is 20.7 Å². The molecule has 0 aliphatic rings. The van der Waals surface area contributed by atoms with Crippen LogP contribution in [0.25, 0.3) is 10.8 Å². The lowest BCUT2D eigenvalue weighted by Crippen LogP contribution is -2.14. The smallest absolute Gasteiger partial charge is 0.343 e. The molecule has 3 rings (SSSR count). The molecule has 0 saturated heterocycles. The maximum absolute atomic E-state index is 12.6. The number of benzene rings is 1. The molecule has 0 atom stereocenters. The highest BCUT2D eigenvalue weighted by atomic mass is 16.5. The van der Waals surface area contributed by atoms with Gasteiger partial charge in [-0.3, -0.25) is 9.78 Å². The summed E-state index contributed by atoms with van der Waals surface area (Å²) in [4.78, 5) is 32.4. The largest absolute Gasteiger partial charge is 0.496 e. The van der Waals surface area contributed by atoms with Gasteiger partial charge in [0, 0.05) is 30.0 Å². The monoisotopic (exact) mass is 337 g/mol. The quantitative estimate of drug-likeness (QED) is 0.736. The van der Waals surface area contributed by atoms with Gasteiger partial charge in [0.1, 0.15) is 17.1 Å². The van der Waals surface area contributed by atoms with Crippen LogP contribution in [0, 0.1) is 0 Å². The first kappa shape index (κ1) is 16.4. The molecular weight excluding hydrogens is 322 g/mol. The Labute approximate surface area is 143 Å². The molecule has 0 radical (unpaired) electrons. The van der Waals surface area contributed by atoms with Crippen molar-refractivity contribution in [1.82, 2.24) is 9.97 Å². The lowest BCUT2D eigenvalue weighted by atomic mass is 10.1. The number of methoxy groups -OCH3 is 2. The molecule has 126 valence electrons. The van der Waals surface area contributed by atoms with Gasteiger partial charge in [-0.1, -0.05) is 24.3 Å². The molecule has 7 heteroatoms. The summed E-state index contributed by atoms with van der Waals surface area (Å²) in [5, 5.41) is 4.34. The van der Waals surface area contributed by atoms with Crippen molar-refractivity contribution in [3.8, 4) is 5.75 Å². The summed E-state index contributed by atoms with van der Waals surface area (Å²) >= 11 is 0. The number of carbonyl (C=O) groups excluding carboxylic acids is 2. The van der Waals surface area contributed by atoms with Gasteiger partial charge in [0.15, 0.2) is 0 Å². The third-order valence-electron chi connectivity index (χ3n) is 3.65. The van der Waals surface area contributed by atoms with E-state index in [0.717, 1.165) is 10.8 Å².